The van der Waals surface area contributed by atoms with Crippen LogP contribution in [0.4, 0.5) is 5.69 Å². The van der Waals surface area contributed by atoms with Crippen molar-refractivity contribution in [2.75, 3.05) is 21.3 Å². The fraction of sp³-hybridized carbons (Fsp3) is 0.375. The van der Waals surface area contributed by atoms with E-state index < -0.39 is 0 Å². The highest BCUT2D eigenvalue weighted by Gasteiger charge is 2.17. The van der Waals surface area contributed by atoms with Crippen molar-refractivity contribution >= 4 is 17.0 Å². The zero-order valence-corrected chi connectivity index (χ0v) is 19.6. The molecule has 0 radical (unpaired) electrons. The number of aromatic nitrogens is 1. The van der Waals surface area contributed by atoms with Crippen molar-refractivity contribution in [1.82, 2.24) is 4.57 Å². The Morgan fingerprint density at radius 3 is 2.20 bits per heavy atom. The number of benzene rings is 2. The third-order valence-corrected chi connectivity index (χ3v) is 5.75. The van der Waals surface area contributed by atoms with E-state index in [9.17, 15) is 0 Å². The Labute approximate surface area is 182 Å². The van der Waals surface area contributed by atoms with Crippen molar-refractivity contribution in [3.8, 4) is 28.5 Å². The average molecular weight is 427 g/mol. The molecule has 0 aliphatic heterocycles. The zero-order valence-electron chi connectivity index (χ0n) is 18.8. The van der Waals surface area contributed by atoms with Crippen LogP contribution in [0.25, 0.3) is 11.3 Å². The molecule has 3 aromatic rings. The van der Waals surface area contributed by atoms with E-state index >= 15 is 0 Å². The van der Waals surface area contributed by atoms with E-state index in [1.165, 1.54) is 11.1 Å². The van der Waals surface area contributed by atoms with Crippen LogP contribution in [-0.4, -0.2) is 25.9 Å². The molecule has 0 aliphatic carbocycles. The summed E-state index contributed by atoms with van der Waals surface area (Å²) >= 11 is 1.64. The van der Waals surface area contributed by atoms with Crippen LogP contribution in [0, 0.1) is 19.8 Å². The molecule has 160 valence electrons. The first kappa shape index (κ1) is 22.0. The Morgan fingerprint density at radius 2 is 1.63 bits per heavy atom. The van der Waals surface area contributed by atoms with E-state index in [0.29, 0.717) is 23.2 Å². The first-order chi connectivity index (χ1) is 14.4. The molecule has 6 heteroatoms. The fourth-order valence-electron chi connectivity index (χ4n) is 3.36. The van der Waals surface area contributed by atoms with Gasteiger partial charge < -0.3 is 18.8 Å². The van der Waals surface area contributed by atoms with Gasteiger partial charge in [0.1, 0.15) is 0 Å². The predicted molar refractivity (Wildman–Crippen MR) is 123 cm³/mol. The minimum absolute atomic E-state index is 0.470. The summed E-state index contributed by atoms with van der Waals surface area (Å²) in [5, 5.41) is 2.15. The molecule has 0 bridgehead atoms. The van der Waals surface area contributed by atoms with Gasteiger partial charge in [0.15, 0.2) is 16.3 Å². The highest BCUT2D eigenvalue weighted by molar-refractivity contribution is 7.07. The first-order valence-electron chi connectivity index (χ1n) is 9.98. The molecule has 5 nitrogen and oxygen atoms in total. The smallest absolute Gasteiger partial charge is 0.203 e. The van der Waals surface area contributed by atoms with Gasteiger partial charge in [-0.2, -0.15) is 0 Å². The molecule has 1 heterocycles. The lowest BCUT2D eigenvalue weighted by Crippen LogP contribution is -2.19. The number of ether oxygens (including phenoxy) is 3. The van der Waals surface area contributed by atoms with Crippen LogP contribution in [0.5, 0.6) is 17.2 Å². The summed E-state index contributed by atoms with van der Waals surface area (Å²) in [5.74, 6) is 2.34. The average Bonchev–Trinajstić information content (AvgIpc) is 3.11. The van der Waals surface area contributed by atoms with Crippen LogP contribution in [0.2, 0.25) is 0 Å². The lowest BCUT2D eigenvalue weighted by atomic mass is 10.1. The van der Waals surface area contributed by atoms with Crippen molar-refractivity contribution in [1.29, 1.82) is 0 Å². The minimum Gasteiger partial charge on any atom is -0.493 e. The van der Waals surface area contributed by atoms with Gasteiger partial charge in [0.05, 0.1) is 32.7 Å². The maximum atomic E-state index is 5.56. The molecule has 0 spiro atoms. The van der Waals surface area contributed by atoms with Crippen LogP contribution in [0.1, 0.15) is 25.0 Å². The van der Waals surface area contributed by atoms with Gasteiger partial charge in [-0.25, -0.2) is 4.99 Å². The van der Waals surface area contributed by atoms with Crippen LogP contribution in [-0.2, 0) is 6.54 Å². The second-order valence-electron chi connectivity index (χ2n) is 7.72. The summed E-state index contributed by atoms with van der Waals surface area (Å²) in [5.41, 5.74) is 5.46. The van der Waals surface area contributed by atoms with Gasteiger partial charge in [0.25, 0.3) is 0 Å². The Balaban J connectivity index is 2.22. The first-order valence-corrected chi connectivity index (χ1v) is 10.9. The summed E-state index contributed by atoms with van der Waals surface area (Å²) in [4.78, 5) is 5.99. The van der Waals surface area contributed by atoms with E-state index in [2.05, 4.69) is 55.8 Å². The summed E-state index contributed by atoms with van der Waals surface area (Å²) in [7, 11) is 4.89. The SMILES string of the molecule is COc1cc(-c2csc(=Nc3cc(C)ccc3C)n2CC(C)C)cc(OC)c1OC. The lowest BCUT2D eigenvalue weighted by Gasteiger charge is -2.16. The molecule has 0 saturated heterocycles. The standard InChI is InChI=1S/C24H30N2O3S/c1-15(2)13-26-20(18-11-21(27-5)23(29-7)22(12-18)28-6)14-30-24(26)25-19-10-16(3)8-9-17(19)4/h8-12,14-15H,13H2,1-7H3. The number of rotatable bonds is 7. The molecule has 0 aliphatic rings. The maximum absolute atomic E-state index is 5.56. The van der Waals surface area contributed by atoms with Crippen LogP contribution >= 0.6 is 11.3 Å². The Bertz CT molecular complexity index is 1070. The normalized spacial score (nSPS) is 11.8. The number of hydrogen-bond acceptors (Lipinski definition) is 5. The molecule has 30 heavy (non-hydrogen) atoms. The van der Waals surface area contributed by atoms with Crippen molar-refractivity contribution in [2.45, 2.75) is 34.2 Å². The van der Waals surface area contributed by atoms with Crippen molar-refractivity contribution in [3.63, 3.8) is 0 Å². The zero-order chi connectivity index (χ0) is 21.8. The van der Waals surface area contributed by atoms with Crippen LogP contribution in [0.15, 0.2) is 40.7 Å². The van der Waals surface area contributed by atoms with Gasteiger partial charge in [-0.3, -0.25) is 0 Å². The number of hydrogen-bond donors (Lipinski definition) is 0. The molecule has 0 N–H and O–H groups in total. The summed E-state index contributed by atoms with van der Waals surface area (Å²) in [6.45, 7) is 9.48. The molecular weight excluding hydrogens is 396 g/mol. The molecule has 1 aromatic heterocycles. The second kappa shape index (κ2) is 9.39. The molecule has 0 atom stereocenters. The Morgan fingerprint density at radius 1 is 0.967 bits per heavy atom. The van der Waals surface area contributed by atoms with E-state index in [1.807, 2.05) is 12.1 Å². The van der Waals surface area contributed by atoms with Crippen molar-refractivity contribution in [2.24, 2.45) is 10.9 Å². The summed E-state index contributed by atoms with van der Waals surface area (Å²) in [6.07, 6.45) is 0. The topological polar surface area (TPSA) is 45.0 Å². The molecule has 2 aromatic carbocycles. The van der Waals surface area contributed by atoms with E-state index in [4.69, 9.17) is 19.2 Å². The van der Waals surface area contributed by atoms with E-state index in [0.717, 1.165) is 28.3 Å². The molecule has 3 rings (SSSR count). The monoisotopic (exact) mass is 426 g/mol. The van der Waals surface area contributed by atoms with Gasteiger partial charge >= 0.3 is 0 Å². The Hall–Kier alpha value is -2.73. The largest absolute Gasteiger partial charge is 0.493 e. The van der Waals surface area contributed by atoms with Gasteiger partial charge in [-0.15, -0.1) is 11.3 Å². The molecule has 0 saturated carbocycles. The van der Waals surface area contributed by atoms with Crippen molar-refractivity contribution in [3.05, 3.63) is 51.6 Å². The van der Waals surface area contributed by atoms with Crippen LogP contribution in [0.3, 0.4) is 0 Å². The summed E-state index contributed by atoms with van der Waals surface area (Å²) in [6, 6.07) is 10.3. The summed E-state index contributed by atoms with van der Waals surface area (Å²) < 4.78 is 18.9. The van der Waals surface area contributed by atoms with Crippen molar-refractivity contribution < 1.29 is 14.2 Å². The molecule has 0 fully saturated rings. The molecular formula is C24H30N2O3S. The van der Waals surface area contributed by atoms with Gasteiger partial charge in [-0.1, -0.05) is 26.0 Å². The van der Waals surface area contributed by atoms with E-state index in [1.54, 1.807) is 32.7 Å². The van der Waals surface area contributed by atoms with Gasteiger partial charge in [0.2, 0.25) is 5.75 Å². The number of methoxy groups -OCH3 is 3. The molecule has 0 unspecified atom stereocenters. The maximum Gasteiger partial charge on any atom is 0.203 e. The highest BCUT2D eigenvalue weighted by Crippen LogP contribution is 2.41. The minimum atomic E-state index is 0.470. The highest BCUT2D eigenvalue weighted by atomic mass is 32.1. The number of nitrogens with zero attached hydrogens (tertiary/aromatic N) is 2. The van der Waals surface area contributed by atoms with E-state index in [-0.39, 0.29) is 0 Å². The number of thiazole rings is 1. The lowest BCUT2D eigenvalue weighted by molar-refractivity contribution is 0.324. The fourth-order valence-corrected chi connectivity index (χ4v) is 4.29. The predicted octanol–water partition coefficient (Wildman–Crippen LogP) is 5.75. The molecule has 0 amide bonds. The Kier molecular flexibility index (Phi) is 6.87. The second-order valence-corrected chi connectivity index (χ2v) is 8.56. The number of aryl methyl sites for hydroxylation is 2. The van der Waals surface area contributed by atoms with Gasteiger partial charge in [-0.05, 0) is 49.1 Å². The third kappa shape index (κ3) is 4.54. The van der Waals surface area contributed by atoms with Crippen LogP contribution < -0.4 is 19.0 Å². The third-order valence-electron chi connectivity index (χ3n) is 4.89. The van der Waals surface area contributed by atoms with Gasteiger partial charge in [0, 0.05) is 17.5 Å². The quantitative estimate of drug-likeness (QED) is 0.483.